The molecule has 0 fully saturated rings. The molecule has 0 aromatic heterocycles. The first-order valence-electron chi connectivity index (χ1n) is 7.33. The molecule has 1 atom stereocenters. The summed E-state index contributed by atoms with van der Waals surface area (Å²) in [7, 11) is 1.99. The minimum absolute atomic E-state index is 0.296. The lowest BCUT2D eigenvalue weighted by Crippen LogP contribution is -2.16. The van der Waals surface area contributed by atoms with E-state index in [9.17, 15) is 0 Å². The molecule has 108 valence electrons. The fourth-order valence-electron chi connectivity index (χ4n) is 2.23. The Hall–Kier alpha value is -1.06. The second kappa shape index (κ2) is 9.82. The van der Waals surface area contributed by atoms with Gasteiger partial charge in [-0.25, -0.2) is 0 Å². The first kappa shape index (κ1) is 16.0. The zero-order valence-corrected chi connectivity index (χ0v) is 12.2. The zero-order chi connectivity index (χ0) is 13.9. The van der Waals surface area contributed by atoms with Crippen LogP contribution in [0.25, 0.3) is 0 Å². The molecule has 0 amide bonds. The molecule has 3 nitrogen and oxygen atoms in total. The molecule has 0 radical (unpaired) electrons. The van der Waals surface area contributed by atoms with Crippen molar-refractivity contribution in [2.75, 3.05) is 20.3 Å². The average molecular weight is 265 g/mol. The Balaban J connectivity index is 2.44. The third-order valence-corrected chi connectivity index (χ3v) is 3.36. The van der Waals surface area contributed by atoms with E-state index in [2.05, 4.69) is 24.4 Å². The van der Waals surface area contributed by atoms with Crippen LogP contribution in [0.3, 0.4) is 0 Å². The molecule has 0 aliphatic heterocycles. The van der Waals surface area contributed by atoms with Crippen molar-refractivity contribution in [3.8, 4) is 5.75 Å². The summed E-state index contributed by atoms with van der Waals surface area (Å²) in [5.74, 6) is 0.992. The first-order valence-corrected chi connectivity index (χ1v) is 7.33. The number of benzene rings is 1. The average Bonchev–Trinajstić information content (AvgIpc) is 2.45. The van der Waals surface area contributed by atoms with Crippen molar-refractivity contribution >= 4 is 0 Å². The molecule has 1 unspecified atom stereocenters. The lowest BCUT2D eigenvalue weighted by molar-refractivity contribution is 0.272. The van der Waals surface area contributed by atoms with E-state index >= 15 is 0 Å². The number of ether oxygens (including phenoxy) is 1. The van der Waals surface area contributed by atoms with Crippen LogP contribution in [0, 0.1) is 0 Å². The lowest BCUT2D eigenvalue weighted by Gasteiger charge is -2.18. The van der Waals surface area contributed by atoms with Crippen LogP contribution >= 0.6 is 0 Å². The predicted molar refractivity (Wildman–Crippen MR) is 79.6 cm³/mol. The number of aliphatic hydroxyl groups excluding tert-OH is 1. The molecule has 2 N–H and O–H groups in total. The van der Waals surface area contributed by atoms with Crippen molar-refractivity contribution < 1.29 is 9.84 Å². The van der Waals surface area contributed by atoms with Gasteiger partial charge < -0.3 is 15.2 Å². The molecule has 0 heterocycles. The third kappa shape index (κ3) is 5.62. The number of rotatable bonds is 10. The maximum atomic E-state index is 8.71. The topological polar surface area (TPSA) is 41.5 Å². The second-order valence-corrected chi connectivity index (χ2v) is 4.77. The van der Waals surface area contributed by atoms with Crippen LogP contribution in [0.4, 0.5) is 0 Å². The monoisotopic (exact) mass is 265 g/mol. The lowest BCUT2D eigenvalue weighted by atomic mass is 10.0. The molecule has 0 saturated carbocycles. The fourth-order valence-corrected chi connectivity index (χ4v) is 2.23. The molecule has 1 aromatic carbocycles. The molecule has 0 bridgehead atoms. The second-order valence-electron chi connectivity index (χ2n) is 4.77. The molecule has 0 spiro atoms. The summed E-state index contributed by atoms with van der Waals surface area (Å²) in [6.45, 7) is 3.22. The Bertz CT molecular complexity index is 337. The van der Waals surface area contributed by atoms with E-state index in [1.54, 1.807) is 0 Å². The largest absolute Gasteiger partial charge is 0.493 e. The number of hydrogen-bond donors (Lipinski definition) is 2. The van der Waals surface area contributed by atoms with Gasteiger partial charge in [-0.15, -0.1) is 0 Å². The van der Waals surface area contributed by atoms with Gasteiger partial charge in [-0.05, 0) is 38.8 Å². The van der Waals surface area contributed by atoms with E-state index in [0.717, 1.165) is 44.5 Å². The highest BCUT2D eigenvalue weighted by Gasteiger charge is 2.11. The summed E-state index contributed by atoms with van der Waals surface area (Å²) in [5.41, 5.74) is 1.24. The highest BCUT2D eigenvalue weighted by atomic mass is 16.5. The van der Waals surface area contributed by atoms with Gasteiger partial charge in [0.25, 0.3) is 0 Å². The molecule has 1 rings (SSSR count). The highest BCUT2D eigenvalue weighted by Crippen LogP contribution is 2.26. The molecular weight excluding hydrogens is 238 g/mol. The van der Waals surface area contributed by atoms with Crippen molar-refractivity contribution in [1.82, 2.24) is 5.32 Å². The first-order chi connectivity index (χ1) is 9.33. The molecule has 19 heavy (non-hydrogen) atoms. The normalized spacial score (nSPS) is 12.4. The third-order valence-electron chi connectivity index (χ3n) is 3.36. The predicted octanol–water partition coefficient (Wildman–Crippen LogP) is 3.29. The van der Waals surface area contributed by atoms with Gasteiger partial charge in [-0.1, -0.05) is 31.5 Å². The van der Waals surface area contributed by atoms with Crippen LogP contribution in [-0.2, 0) is 0 Å². The van der Waals surface area contributed by atoms with E-state index in [1.165, 1.54) is 5.56 Å². The summed E-state index contributed by atoms with van der Waals surface area (Å²) in [6.07, 6.45) is 5.19. The van der Waals surface area contributed by atoms with E-state index < -0.39 is 0 Å². The quantitative estimate of drug-likeness (QED) is 0.638. The summed E-state index contributed by atoms with van der Waals surface area (Å²) in [5, 5.41) is 12.0. The highest BCUT2D eigenvalue weighted by molar-refractivity contribution is 5.35. The maximum Gasteiger partial charge on any atom is 0.124 e. The number of para-hydroxylation sites is 1. The van der Waals surface area contributed by atoms with Crippen LogP contribution in [0.2, 0.25) is 0 Å². The van der Waals surface area contributed by atoms with Gasteiger partial charge in [-0.2, -0.15) is 0 Å². The summed E-state index contributed by atoms with van der Waals surface area (Å²) < 4.78 is 5.90. The van der Waals surface area contributed by atoms with Crippen molar-refractivity contribution in [3.05, 3.63) is 29.8 Å². The van der Waals surface area contributed by atoms with Crippen LogP contribution in [0.1, 0.15) is 50.6 Å². The minimum Gasteiger partial charge on any atom is -0.493 e. The van der Waals surface area contributed by atoms with Crippen LogP contribution in [-0.4, -0.2) is 25.4 Å². The maximum absolute atomic E-state index is 8.71. The van der Waals surface area contributed by atoms with E-state index in [1.807, 2.05) is 19.2 Å². The Kier molecular flexibility index (Phi) is 8.26. The summed E-state index contributed by atoms with van der Waals surface area (Å²) in [4.78, 5) is 0. The molecule has 0 saturated heterocycles. The Morgan fingerprint density at radius 3 is 2.58 bits per heavy atom. The SMILES string of the molecule is CCC(NC)c1ccccc1OCCCCCCO. The van der Waals surface area contributed by atoms with Crippen LogP contribution in [0.5, 0.6) is 5.75 Å². The van der Waals surface area contributed by atoms with Crippen molar-refractivity contribution in [3.63, 3.8) is 0 Å². The summed E-state index contributed by atoms with van der Waals surface area (Å²) >= 11 is 0. The molecule has 0 aliphatic rings. The molecule has 1 aromatic rings. The Morgan fingerprint density at radius 1 is 1.16 bits per heavy atom. The van der Waals surface area contributed by atoms with E-state index in [-0.39, 0.29) is 0 Å². The van der Waals surface area contributed by atoms with Crippen molar-refractivity contribution in [2.45, 2.75) is 45.1 Å². The van der Waals surface area contributed by atoms with Gasteiger partial charge in [0.15, 0.2) is 0 Å². The summed E-state index contributed by atoms with van der Waals surface area (Å²) in [6, 6.07) is 8.61. The Labute approximate surface area is 117 Å². The van der Waals surface area contributed by atoms with Gasteiger partial charge in [0, 0.05) is 18.2 Å². The van der Waals surface area contributed by atoms with Crippen molar-refractivity contribution in [1.29, 1.82) is 0 Å². The number of unbranched alkanes of at least 4 members (excludes halogenated alkanes) is 3. The van der Waals surface area contributed by atoms with Gasteiger partial charge in [0.2, 0.25) is 0 Å². The van der Waals surface area contributed by atoms with Gasteiger partial charge in [0.1, 0.15) is 5.75 Å². The molecule has 0 aliphatic carbocycles. The Morgan fingerprint density at radius 2 is 1.89 bits per heavy atom. The number of aliphatic hydroxyl groups is 1. The van der Waals surface area contributed by atoms with E-state index in [4.69, 9.17) is 9.84 Å². The molecule has 3 heteroatoms. The van der Waals surface area contributed by atoms with Crippen molar-refractivity contribution in [2.24, 2.45) is 0 Å². The van der Waals surface area contributed by atoms with Crippen LogP contribution < -0.4 is 10.1 Å². The van der Waals surface area contributed by atoms with Gasteiger partial charge in [-0.3, -0.25) is 0 Å². The number of hydrogen-bond acceptors (Lipinski definition) is 3. The van der Waals surface area contributed by atoms with Crippen LogP contribution in [0.15, 0.2) is 24.3 Å². The standard InChI is InChI=1S/C16H27NO2/c1-3-15(17-2)14-10-6-7-11-16(14)19-13-9-5-4-8-12-18/h6-7,10-11,15,17-18H,3-5,8-9,12-13H2,1-2H3. The minimum atomic E-state index is 0.296. The fraction of sp³-hybridized carbons (Fsp3) is 0.625. The molecular formula is C16H27NO2. The van der Waals surface area contributed by atoms with Gasteiger partial charge >= 0.3 is 0 Å². The van der Waals surface area contributed by atoms with E-state index in [0.29, 0.717) is 12.6 Å². The zero-order valence-electron chi connectivity index (χ0n) is 12.2. The van der Waals surface area contributed by atoms with Gasteiger partial charge in [0.05, 0.1) is 6.61 Å². The smallest absolute Gasteiger partial charge is 0.124 e. The number of nitrogens with one attached hydrogen (secondary N) is 1.